The molecule has 0 unspecified atom stereocenters. The molecule has 0 rings (SSSR count). The summed E-state index contributed by atoms with van der Waals surface area (Å²) >= 11 is 0. The molecule has 64 valence electrons. The molecule has 0 aromatic heterocycles. The summed E-state index contributed by atoms with van der Waals surface area (Å²) in [5.41, 5.74) is 8.65. The number of nitrogens with two attached hydrogens (primary N) is 1. The quantitative estimate of drug-likeness (QED) is 0.609. The Balaban J connectivity index is 4.54. The number of aliphatic imine (C=N–C) groups is 1. The molecule has 2 nitrogen and oxygen atoms in total. The van der Waals surface area contributed by atoms with E-state index in [-0.39, 0.29) is 0 Å². The van der Waals surface area contributed by atoms with Crippen molar-refractivity contribution in [2.45, 2.75) is 34.6 Å². The van der Waals surface area contributed by atoms with Gasteiger partial charge in [0, 0.05) is 11.4 Å². The largest absolute Gasteiger partial charge is 0.400 e. The third-order valence-corrected chi connectivity index (χ3v) is 1.43. The van der Waals surface area contributed by atoms with Gasteiger partial charge in [-0.05, 0) is 26.7 Å². The first kappa shape index (κ1) is 10.2. The minimum Gasteiger partial charge on any atom is -0.400 e. The average Bonchev–Trinajstić information content (AvgIpc) is 1.84. The zero-order valence-corrected chi connectivity index (χ0v) is 8.10. The van der Waals surface area contributed by atoms with Crippen LogP contribution in [0, 0.1) is 5.92 Å². The van der Waals surface area contributed by atoms with Gasteiger partial charge in [-0.1, -0.05) is 13.8 Å². The van der Waals surface area contributed by atoms with Crippen molar-refractivity contribution in [2.24, 2.45) is 16.6 Å². The molecule has 0 heterocycles. The van der Waals surface area contributed by atoms with Crippen LogP contribution in [0.25, 0.3) is 0 Å². The lowest BCUT2D eigenvalue weighted by Crippen LogP contribution is -2.07. The molecule has 2 N–H and O–H groups in total. The van der Waals surface area contributed by atoms with Crippen LogP contribution in [-0.2, 0) is 0 Å². The Hall–Kier alpha value is -0.790. The van der Waals surface area contributed by atoms with Crippen LogP contribution in [0.15, 0.2) is 16.4 Å². The Labute approximate surface area is 69.2 Å². The minimum absolute atomic E-state index is 0.387. The van der Waals surface area contributed by atoms with Gasteiger partial charge in [0.15, 0.2) is 0 Å². The number of hydrogen-bond donors (Lipinski definition) is 1. The van der Waals surface area contributed by atoms with Crippen molar-refractivity contribution >= 4 is 5.71 Å². The van der Waals surface area contributed by atoms with Crippen LogP contribution in [0.1, 0.15) is 34.6 Å². The predicted octanol–water partition coefficient (Wildman–Crippen LogP) is 2.31. The molecule has 2 heteroatoms. The maximum atomic E-state index is 5.78. The Morgan fingerprint density at radius 2 is 1.64 bits per heavy atom. The highest BCUT2D eigenvalue weighted by Crippen LogP contribution is 2.09. The number of nitrogens with zero attached hydrogens (tertiary/aromatic N) is 1. The maximum Gasteiger partial charge on any atom is 0.0561 e. The van der Waals surface area contributed by atoms with Gasteiger partial charge in [0.25, 0.3) is 0 Å². The molecule has 0 atom stereocenters. The van der Waals surface area contributed by atoms with Gasteiger partial charge in [-0.15, -0.1) is 0 Å². The first-order chi connectivity index (χ1) is 4.95. The number of allylic oxidation sites excluding steroid dienone is 2. The second kappa shape index (κ2) is 4.16. The van der Waals surface area contributed by atoms with Crippen molar-refractivity contribution in [3.05, 3.63) is 11.4 Å². The fourth-order valence-electron chi connectivity index (χ4n) is 0.818. The summed E-state index contributed by atoms with van der Waals surface area (Å²) in [5.74, 6) is 0.387. The van der Waals surface area contributed by atoms with Crippen molar-refractivity contribution in [1.29, 1.82) is 0 Å². The number of hydrogen-bond acceptors (Lipinski definition) is 2. The summed E-state index contributed by atoms with van der Waals surface area (Å²) in [6.07, 6.45) is 0. The molecule has 0 radical (unpaired) electrons. The third kappa shape index (κ3) is 3.81. The lowest BCUT2D eigenvalue weighted by Gasteiger charge is -2.07. The molecule has 0 spiro atoms. The fourth-order valence-corrected chi connectivity index (χ4v) is 0.818. The van der Waals surface area contributed by atoms with Crippen LogP contribution in [0.4, 0.5) is 0 Å². The molecule has 11 heavy (non-hydrogen) atoms. The highest BCUT2D eigenvalue weighted by molar-refractivity contribution is 5.80. The summed E-state index contributed by atoms with van der Waals surface area (Å²) in [4.78, 5) is 4.27. The van der Waals surface area contributed by atoms with E-state index >= 15 is 0 Å². The highest BCUT2D eigenvalue weighted by atomic mass is 14.8. The van der Waals surface area contributed by atoms with Crippen LogP contribution in [0.3, 0.4) is 0 Å². The minimum atomic E-state index is 0.387. The molecule has 0 aromatic rings. The van der Waals surface area contributed by atoms with Gasteiger partial charge in [-0.3, -0.25) is 4.99 Å². The second-order valence-corrected chi connectivity index (χ2v) is 3.25. The van der Waals surface area contributed by atoms with E-state index in [2.05, 4.69) is 18.8 Å². The molecular weight excluding hydrogens is 136 g/mol. The van der Waals surface area contributed by atoms with Crippen LogP contribution >= 0.6 is 0 Å². The molecule has 0 saturated heterocycles. The first-order valence-electron chi connectivity index (χ1n) is 3.93. The highest BCUT2D eigenvalue weighted by Gasteiger charge is 2.00. The SMILES string of the molecule is CC(C)=N/C(C)=C(\N)C(C)C. The Bertz CT molecular complexity index is 184. The van der Waals surface area contributed by atoms with Crippen molar-refractivity contribution in [1.82, 2.24) is 0 Å². The summed E-state index contributed by atoms with van der Waals surface area (Å²) in [6.45, 7) is 10.0. The van der Waals surface area contributed by atoms with E-state index in [4.69, 9.17) is 5.73 Å². The monoisotopic (exact) mass is 154 g/mol. The van der Waals surface area contributed by atoms with Gasteiger partial charge in [-0.25, -0.2) is 0 Å². The first-order valence-corrected chi connectivity index (χ1v) is 3.93. The van der Waals surface area contributed by atoms with Gasteiger partial charge in [0.2, 0.25) is 0 Å². The second-order valence-electron chi connectivity index (χ2n) is 3.25. The van der Waals surface area contributed by atoms with E-state index in [1.54, 1.807) is 0 Å². The van der Waals surface area contributed by atoms with E-state index in [1.165, 1.54) is 0 Å². The van der Waals surface area contributed by atoms with E-state index < -0.39 is 0 Å². The van der Waals surface area contributed by atoms with Crippen LogP contribution in [0.5, 0.6) is 0 Å². The van der Waals surface area contributed by atoms with Gasteiger partial charge in [-0.2, -0.15) is 0 Å². The lowest BCUT2D eigenvalue weighted by atomic mass is 10.1. The van der Waals surface area contributed by atoms with Gasteiger partial charge >= 0.3 is 0 Å². The Morgan fingerprint density at radius 3 is 1.91 bits per heavy atom. The zero-order valence-electron chi connectivity index (χ0n) is 8.10. The Morgan fingerprint density at radius 1 is 1.18 bits per heavy atom. The van der Waals surface area contributed by atoms with E-state index in [9.17, 15) is 0 Å². The van der Waals surface area contributed by atoms with E-state index in [0.717, 1.165) is 17.1 Å². The zero-order chi connectivity index (χ0) is 9.02. The van der Waals surface area contributed by atoms with Crippen molar-refractivity contribution in [3.63, 3.8) is 0 Å². The summed E-state index contributed by atoms with van der Waals surface area (Å²) < 4.78 is 0. The Kier molecular flexibility index (Phi) is 3.86. The average molecular weight is 154 g/mol. The van der Waals surface area contributed by atoms with Crippen LogP contribution in [0.2, 0.25) is 0 Å². The van der Waals surface area contributed by atoms with Gasteiger partial charge in [0.05, 0.1) is 5.70 Å². The molecule has 0 aliphatic rings. The number of rotatable bonds is 2. The van der Waals surface area contributed by atoms with Crippen LogP contribution in [-0.4, -0.2) is 5.71 Å². The normalized spacial score (nSPS) is 12.9. The molecule has 0 aliphatic heterocycles. The van der Waals surface area contributed by atoms with Gasteiger partial charge < -0.3 is 5.73 Å². The fraction of sp³-hybridized carbons (Fsp3) is 0.667. The molecule has 0 saturated carbocycles. The standard InChI is InChI=1S/C9H18N2/c1-6(2)9(10)8(5)11-7(3)4/h6H,10H2,1-5H3/b9-8-. The summed E-state index contributed by atoms with van der Waals surface area (Å²) in [6, 6.07) is 0. The van der Waals surface area contributed by atoms with E-state index in [0.29, 0.717) is 5.92 Å². The molecule has 0 amide bonds. The molecule has 0 aromatic carbocycles. The van der Waals surface area contributed by atoms with Crippen molar-refractivity contribution in [3.8, 4) is 0 Å². The summed E-state index contributed by atoms with van der Waals surface area (Å²) in [7, 11) is 0. The molecule has 0 fully saturated rings. The molecule has 0 aliphatic carbocycles. The smallest absolute Gasteiger partial charge is 0.0561 e. The maximum absolute atomic E-state index is 5.78. The van der Waals surface area contributed by atoms with Crippen molar-refractivity contribution in [2.75, 3.05) is 0 Å². The van der Waals surface area contributed by atoms with Crippen molar-refractivity contribution < 1.29 is 0 Å². The molecular formula is C9H18N2. The predicted molar refractivity (Wildman–Crippen MR) is 50.5 cm³/mol. The van der Waals surface area contributed by atoms with Gasteiger partial charge in [0.1, 0.15) is 0 Å². The van der Waals surface area contributed by atoms with E-state index in [1.807, 2.05) is 20.8 Å². The topological polar surface area (TPSA) is 38.4 Å². The lowest BCUT2D eigenvalue weighted by molar-refractivity contribution is 0.741. The third-order valence-electron chi connectivity index (χ3n) is 1.43. The summed E-state index contributed by atoms with van der Waals surface area (Å²) in [5, 5.41) is 0. The van der Waals surface area contributed by atoms with Crippen LogP contribution < -0.4 is 5.73 Å². The molecule has 0 bridgehead atoms.